The van der Waals surface area contributed by atoms with Gasteiger partial charge in [0.2, 0.25) is 0 Å². The van der Waals surface area contributed by atoms with Crippen molar-refractivity contribution in [3.05, 3.63) is 59.2 Å². The molecule has 4 nitrogen and oxygen atoms in total. The molecule has 0 radical (unpaired) electrons. The number of thioether (sulfide) groups is 1. The van der Waals surface area contributed by atoms with Gasteiger partial charge in [-0.15, -0.1) is 11.8 Å². The molecule has 0 atom stereocenters. The SMILES string of the molecule is CCOC(=O)c1ccc(NC(=O)c2ccc3c(c2)CCCCS3)cc1. The van der Waals surface area contributed by atoms with E-state index in [0.29, 0.717) is 23.4 Å². The van der Waals surface area contributed by atoms with Crippen LogP contribution >= 0.6 is 11.8 Å². The van der Waals surface area contributed by atoms with E-state index in [0.717, 1.165) is 12.2 Å². The van der Waals surface area contributed by atoms with Crippen LogP contribution in [0.2, 0.25) is 0 Å². The van der Waals surface area contributed by atoms with Gasteiger partial charge < -0.3 is 10.1 Å². The summed E-state index contributed by atoms with van der Waals surface area (Å²) in [7, 11) is 0. The smallest absolute Gasteiger partial charge is 0.338 e. The molecule has 0 saturated carbocycles. The van der Waals surface area contributed by atoms with Gasteiger partial charge in [-0.25, -0.2) is 4.79 Å². The summed E-state index contributed by atoms with van der Waals surface area (Å²) in [5.41, 5.74) is 3.05. The minimum absolute atomic E-state index is 0.138. The van der Waals surface area contributed by atoms with Crippen LogP contribution in [0.3, 0.4) is 0 Å². The number of anilines is 1. The highest BCUT2D eigenvalue weighted by Gasteiger charge is 2.13. The third-order valence-corrected chi connectivity index (χ3v) is 5.28. The molecular weight excluding hydrogens is 334 g/mol. The van der Waals surface area contributed by atoms with Gasteiger partial charge in [-0.05, 0) is 80.0 Å². The van der Waals surface area contributed by atoms with Gasteiger partial charge in [-0.3, -0.25) is 4.79 Å². The molecule has 1 aliphatic heterocycles. The molecule has 0 bridgehead atoms. The number of fused-ring (bicyclic) bond motifs is 1. The van der Waals surface area contributed by atoms with E-state index < -0.39 is 0 Å². The molecule has 0 fully saturated rings. The molecule has 1 aliphatic rings. The maximum absolute atomic E-state index is 12.5. The molecule has 2 aromatic carbocycles. The van der Waals surface area contributed by atoms with Gasteiger partial charge in [-0.2, -0.15) is 0 Å². The molecule has 5 heteroatoms. The zero-order chi connectivity index (χ0) is 17.6. The molecule has 0 saturated heterocycles. The molecule has 25 heavy (non-hydrogen) atoms. The number of hydrogen-bond acceptors (Lipinski definition) is 4. The highest BCUT2D eigenvalue weighted by Crippen LogP contribution is 2.29. The lowest BCUT2D eigenvalue weighted by molar-refractivity contribution is 0.0526. The first kappa shape index (κ1) is 17.5. The average Bonchev–Trinajstić information content (AvgIpc) is 2.87. The summed E-state index contributed by atoms with van der Waals surface area (Å²) in [6.07, 6.45) is 3.41. The monoisotopic (exact) mass is 355 g/mol. The lowest BCUT2D eigenvalue weighted by atomic mass is 10.0. The van der Waals surface area contributed by atoms with Crippen molar-refractivity contribution in [1.82, 2.24) is 0 Å². The molecule has 0 unspecified atom stereocenters. The topological polar surface area (TPSA) is 55.4 Å². The van der Waals surface area contributed by atoms with E-state index in [4.69, 9.17) is 4.74 Å². The molecule has 0 aromatic heterocycles. The van der Waals surface area contributed by atoms with Gasteiger partial charge in [0.05, 0.1) is 12.2 Å². The van der Waals surface area contributed by atoms with Crippen molar-refractivity contribution in [2.24, 2.45) is 0 Å². The Labute approximate surface area is 152 Å². The van der Waals surface area contributed by atoms with Crippen LogP contribution < -0.4 is 5.32 Å². The Kier molecular flexibility index (Phi) is 5.76. The first-order valence-corrected chi connectivity index (χ1v) is 9.50. The van der Waals surface area contributed by atoms with Crippen molar-refractivity contribution in [3.63, 3.8) is 0 Å². The predicted octanol–water partition coefficient (Wildman–Crippen LogP) is 4.54. The van der Waals surface area contributed by atoms with Gasteiger partial charge in [0.25, 0.3) is 5.91 Å². The molecule has 130 valence electrons. The molecular formula is C20H21NO3S. The van der Waals surface area contributed by atoms with Crippen molar-refractivity contribution in [2.45, 2.75) is 31.1 Å². The largest absolute Gasteiger partial charge is 0.462 e. The number of ether oxygens (including phenoxy) is 1. The zero-order valence-corrected chi connectivity index (χ0v) is 15.0. The Bertz CT molecular complexity index is 771. The fraction of sp³-hybridized carbons (Fsp3) is 0.300. The first-order valence-electron chi connectivity index (χ1n) is 8.51. The number of rotatable bonds is 4. The van der Waals surface area contributed by atoms with Crippen molar-refractivity contribution in [3.8, 4) is 0 Å². The van der Waals surface area contributed by atoms with Crippen LogP contribution in [0.4, 0.5) is 5.69 Å². The Morgan fingerprint density at radius 2 is 1.84 bits per heavy atom. The molecule has 0 spiro atoms. The molecule has 0 aliphatic carbocycles. The number of carbonyl (C=O) groups excluding carboxylic acids is 2. The molecule has 1 heterocycles. The normalized spacial score (nSPS) is 13.5. The van der Waals surface area contributed by atoms with Crippen LogP contribution in [-0.4, -0.2) is 24.2 Å². The summed E-state index contributed by atoms with van der Waals surface area (Å²) in [5.74, 6) is 0.648. The van der Waals surface area contributed by atoms with Gasteiger partial charge >= 0.3 is 5.97 Å². The van der Waals surface area contributed by atoms with E-state index in [-0.39, 0.29) is 11.9 Å². The van der Waals surface area contributed by atoms with Crippen molar-refractivity contribution >= 4 is 29.3 Å². The molecule has 2 aromatic rings. The number of esters is 1. The summed E-state index contributed by atoms with van der Waals surface area (Å²) in [6.45, 7) is 2.11. The summed E-state index contributed by atoms with van der Waals surface area (Å²) in [5, 5.41) is 2.88. The Hall–Kier alpha value is -2.27. The van der Waals surface area contributed by atoms with Crippen LogP contribution in [0.5, 0.6) is 0 Å². The second kappa shape index (κ2) is 8.21. The second-order valence-electron chi connectivity index (χ2n) is 5.88. The number of hydrogen-bond donors (Lipinski definition) is 1. The first-order chi connectivity index (χ1) is 12.2. The number of aryl methyl sites for hydroxylation is 1. The van der Waals surface area contributed by atoms with E-state index in [2.05, 4.69) is 5.32 Å². The van der Waals surface area contributed by atoms with Crippen LogP contribution in [0.1, 0.15) is 46.0 Å². The molecule has 1 N–H and O–H groups in total. The summed E-state index contributed by atoms with van der Waals surface area (Å²) in [4.78, 5) is 25.4. The van der Waals surface area contributed by atoms with E-state index in [9.17, 15) is 9.59 Å². The second-order valence-corrected chi connectivity index (χ2v) is 7.02. The van der Waals surface area contributed by atoms with E-state index >= 15 is 0 Å². The van der Waals surface area contributed by atoms with Crippen molar-refractivity contribution < 1.29 is 14.3 Å². The van der Waals surface area contributed by atoms with Gasteiger partial charge in [0.15, 0.2) is 0 Å². The zero-order valence-electron chi connectivity index (χ0n) is 14.2. The van der Waals surface area contributed by atoms with Gasteiger partial charge in [0.1, 0.15) is 0 Å². The number of nitrogens with one attached hydrogen (secondary N) is 1. The molecule has 3 rings (SSSR count). The standard InChI is InChI=1S/C20H21NO3S/c1-2-24-20(23)14-6-9-17(10-7-14)21-19(22)16-8-11-18-15(13-16)5-3-4-12-25-18/h6-11,13H,2-5,12H2,1H3,(H,21,22). The van der Waals surface area contributed by atoms with Crippen molar-refractivity contribution in [1.29, 1.82) is 0 Å². The summed E-state index contributed by atoms with van der Waals surface area (Å²) in [6, 6.07) is 12.6. The highest BCUT2D eigenvalue weighted by atomic mass is 32.2. The Morgan fingerprint density at radius 3 is 2.60 bits per heavy atom. The quantitative estimate of drug-likeness (QED) is 0.818. The third-order valence-electron chi connectivity index (χ3n) is 4.07. The van der Waals surface area contributed by atoms with E-state index in [1.165, 1.54) is 23.3 Å². The lowest BCUT2D eigenvalue weighted by Gasteiger charge is -2.10. The summed E-state index contributed by atoms with van der Waals surface area (Å²) < 4.78 is 4.95. The fourth-order valence-electron chi connectivity index (χ4n) is 2.76. The maximum Gasteiger partial charge on any atom is 0.338 e. The lowest BCUT2D eigenvalue weighted by Crippen LogP contribution is -2.12. The highest BCUT2D eigenvalue weighted by molar-refractivity contribution is 7.99. The van der Waals surface area contributed by atoms with Crippen LogP contribution in [0, 0.1) is 0 Å². The van der Waals surface area contributed by atoms with E-state index in [1.807, 2.05) is 30.0 Å². The summed E-state index contributed by atoms with van der Waals surface area (Å²) >= 11 is 1.87. The number of carbonyl (C=O) groups is 2. The minimum Gasteiger partial charge on any atom is -0.462 e. The maximum atomic E-state index is 12.5. The van der Waals surface area contributed by atoms with Crippen molar-refractivity contribution in [2.75, 3.05) is 17.7 Å². The van der Waals surface area contributed by atoms with Crippen LogP contribution in [0.25, 0.3) is 0 Å². The van der Waals surface area contributed by atoms with Gasteiger partial charge in [0, 0.05) is 16.1 Å². The fourth-order valence-corrected chi connectivity index (χ4v) is 3.84. The Morgan fingerprint density at radius 1 is 1.08 bits per heavy atom. The minimum atomic E-state index is -0.358. The van der Waals surface area contributed by atoms with E-state index in [1.54, 1.807) is 31.2 Å². The third kappa shape index (κ3) is 4.42. The Balaban J connectivity index is 1.70. The average molecular weight is 355 g/mol. The van der Waals surface area contributed by atoms with Gasteiger partial charge in [-0.1, -0.05) is 0 Å². The van der Waals surface area contributed by atoms with Crippen LogP contribution in [0.15, 0.2) is 47.4 Å². The predicted molar refractivity (Wildman–Crippen MR) is 100 cm³/mol. The molecule has 1 amide bonds. The number of amides is 1. The van der Waals surface area contributed by atoms with Crippen LogP contribution in [-0.2, 0) is 11.2 Å². The number of benzene rings is 2.